The summed E-state index contributed by atoms with van der Waals surface area (Å²) in [6, 6.07) is 3.98. The molecule has 0 saturated carbocycles. The molecule has 1 rings (SSSR count). The van der Waals surface area contributed by atoms with E-state index in [4.69, 9.17) is 15.3 Å². The molecule has 0 radical (unpaired) electrons. The lowest BCUT2D eigenvalue weighted by molar-refractivity contribution is -0.383. The molecule has 0 aliphatic rings. The van der Waals surface area contributed by atoms with Gasteiger partial charge in [-0.25, -0.2) is 9.97 Å². The number of nitro groups is 1. The summed E-state index contributed by atoms with van der Waals surface area (Å²) in [6.45, 7) is 1.48. The van der Waals surface area contributed by atoms with Crippen molar-refractivity contribution in [1.29, 1.82) is 10.5 Å². The van der Waals surface area contributed by atoms with Crippen LogP contribution in [0.25, 0.3) is 0 Å². The monoisotopic (exact) mass is 333 g/mol. The number of methoxy groups -OCH3 is 1. The molecule has 0 fully saturated rings. The fourth-order valence-electron chi connectivity index (χ4n) is 2.02. The maximum Gasteiger partial charge on any atom is 0.353 e. The number of nitrogens with zero attached hydrogens (tertiary/aromatic N) is 6. The number of hydrogen-bond donors (Lipinski definition) is 1. The Kier molecular flexibility index (Phi) is 8.50. The highest BCUT2D eigenvalue weighted by Gasteiger charge is 2.26. The van der Waals surface area contributed by atoms with Crippen LogP contribution in [0.1, 0.15) is 19.3 Å². The Morgan fingerprint density at radius 3 is 2.54 bits per heavy atom. The summed E-state index contributed by atoms with van der Waals surface area (Å²) in [6.07, 6.45) is 2.23. The SMILES string of the molecule is COCCCNc1ncnc(N(CCC#N)CCC#N)c1[N+](=O)[O-]. The van der Waals surface area contributed by atoms with Crippen LogP contribution >= 0.6 is 0 Å². The highest BCUT2D eigenvalue weighted by atomic mass is 16.6. The topological polar surface area (TPSA) is 141 Å². The molecule has 0 saturated heterocycles. The van der Waals surface area contributed by atoms with E-state index in [0.29, 0.717) is 19.6 Å². The summed E-state index contributed by atoms with van der Waals surface area (Å²) in [5, 5.41) is 31.9. The second-order valence-electron chi connectivity index (χ2n) is 4.73. The van der Waals surface area contributed by atoms with E-state index < -0.39 is 4.92 Å². The van der Waals surface area contributed by atoms with Gasteiger partial charge in [-0.3, -0.25) is 10.1 Å². The second kappa shape index (κ2) is 10.7. The van der Waals surface area contributed by atoms with E-state index in [1.54, 1.807) is 12.0 Å². The third kappa shape index (κ3) is 5.66. The number of ether oxygens (including phenoxy) is 1. The van der Waals surface area contributed by atoms with Gasteiger partial charge >= 0.3 is 5.69 Å². The number of rotatable bonds is 11. The van der Waals surface area contributed by atoms with Crippen LogP contribution in [-0.4, -0.2) is 48.2 Å². The number of aromatic nitrogens is 2. The molecule has 0 unspecified atom stereocenters. The summed E-state index contributed by atoms with van der Waals surface area (Å²) in [4.78, 5) is 20.4. The van der Waals surface area contributed by atoms with Crippen molar-refractivity contribution in [3.8, 4) is 12.1 Å². The molecule has 10 nitrogen and oxygen atoms in total. The van der Waals surface area contributed by atoms with Crippen molar-refractivity contribution in [2.24, 2.45) is 0 Å². The Balaban J connectivity index is 3.08. The Morgan fingerprint density at radius 2 is 2.00 bits per heavy atom. The third-order valence-corrected chi connectivity index (χ3v) is 3.09. The van der Waals surface area contributed by atoms with Crippen molar-refractivity contribution in [3.63, 3.8) is 0 Å². The first-order chi connectivity index (χ1) is 11.7. The van der Waals surface area contributed by atoms with Gasteiger partial charge in [-0.15, -0.1) is 0 Å². The standard InChI is InChI=1S/C14H19N7O3/c1-24-10-4-7-17-13-12(21(22)23)14(19-11-18-13)20(8-2-5-15)9-3-6-16/h11H,2-4,7-10H2,1H3,(H,17,18,19). The minimum atomic E-state index is -0.556. The molecular formula is C14H19N7O3. The van der Waals surface area contributed by atoms with Crippen LogP contribution in [0.3, 0.4) is 0 Å². The lowest BCUT2D eigenvalue weighted by Gasteiger charge is -2.21. The molecule has 0 atom stereocenters. The first kappa shape index (κ1) is 19.1. The van der Waals surface area contributed by atoms with Gasteiger partial charge in [0.15, 0.2) is 0 Å². The van der Waals surface area contributed by atoms with Gasteiger partial charge in [-0.1, -0.05) is 0 Å². The molecule has 0 aliphatic carbocycles. The molecule has 1 aromatic heterocycles. The Morgan fingerprint density at radius 1 is 1.33 bits per heavy atom. The summed E-state index contributed by atoms with van der Waals surface area (Å²) < 4.78 is 4.93. The van der Waals surface area contributed by atoms with Crippen LogP contribution in [0, 0.1) is 32.8 Å². The van der Waals surface area contributed by atoms with Gasteiger partial charge in [-0.05, 0) is 6.42 Å². The van der Waals surface area contributed by atoms with Gasteiger partial charge in [-0.2, -0.15) is 10.5 Å². The van der Waals surface area contributed by atoms with E-state index >= 15 is 0 Å². The molecule has 1 aromatic rings. The highest BCUT2D eigenvalue weighted by Crippen LogP contribution is 2.31. The van der Waals surface area contributed by atoms with Gasteiger partial charge in [0.05, 0.1) is 29.9 Å². The zero-order chi connectivity index (χ0) is 17.8. The lowest BCUT2D eigenvalue weighted by Crippen LogP contribution is -2.27. The highest BCUT2D eigenvalue weighted by molar-refractivity contribution is 5.70. The molecular weight excluding hydrogens is 314 g/mol. The minimum Gasteiger partial charge on any atom is -0.385 e. The smallest absolute Gasteiger partial charge is 0.353 e. The lowest BCUT2D eigenvalue weighted by atomic mass is 10.3. The van der Waals surface area contributed by atoms with Crippen molar-refractivity contribution >= 4 is 17.3 Å². The normalized spacial score (nSPS) is 9.79. The van der Waals surface area contributed by atoms with Crippen LogP contribution in [0.15, 0.2) is 6.33 Å². The maximum absolute atomic E-state index is 11.5. The molecule has 0 spiro atoms. The molecule has 0 amide bonds. The molecule has 1 N–H and O–H groups in total. The van der Waals surface area contributed by atoms with Gasteiger partial charge in [0.25, 0.3) is 0 Å². The molecule has 10 heteroatoms. The quantitative estimate of drug-likeness (QED) is 0.362. The first-order valence-corrected chi connectivity index (χ1v) is 7.36. The Bertz CT molecular complexity index is 606. The van der Waals surface area contributed by atoms with Gasteiger partial charge < -0.3 is 15.0 Å². The average Bonchev–Trinajstić information content (AvgIpc) is 2.58. The first-order valence-electron chi connectivity index (χ1n) is 7.36. The Labute approximate surface area is 139 Å². The molecule has 1 heterocycles. The third-order valence-electron chi connectivity index (χ3n) is 3.09. The molecule has 24 heavy (non-hydrogen) atoms. The number of anilines is 2. The summed E-state index contributed by atoms with van der Waals surface area (Å²) in [5.41, 5.74) is -0.259. The van der Waals surface area contributed by atoms with Crippen molar-refractivity contribution in [1.82, 2.24) is 9.97 Å². The van der Waals surface area contributed by atoms with E-state index in [1.165, 1.54) is 6.33 Å². The predicted molar refractivity (Wildman–Crippen MR) is 86.3 cm³/mol. The van der Waals surface area contributed by atoms with Crippen molar-refractivity contribution in [3.05, 3.63) is 16.4 Å². The van der Waals surface area contributed by atoms with Gasteiger partial charge in [0.1, 0.15) is 6.33 Å². The largest absolute Gasteiger partial charge is 0.385 e. The fraction of sp³-hybridized carbons (Fsp3) is 0.571. The molecule has 0 aromatic carbocycles. The van der Waals surface area contributed by atoms with Crippen LogP contribution < -0.4 is 10.2 Å². The zero-order valence-electron chi connectivity index (χ0n) is 13.4. The van der Waals surface area contributed by atoms with Crippen molar-refractivity contribution < 1.29 is 9.66 Å². The van der Waals surface area contributed by atoms with Gasteiger partial charge in [0.2, 0.25) is 11.6 Å². The number of nitriles is 2. The second-order valence-corrected chi connectivity index (χ2v) is 4.73. The van der Waals surface area contributed by atoms with Crippen LogP contribution in [0.4, 0.5) is 17.3 Å². The van der Waals surface area contributed by atoms with Crippen LogP contribution in [0.2, 0.25) is 0 Å². The Hall–Kier alpha value is -2.98. The van der Waals surface area contributed by atoms with E-state index in [1.807, 2.05) is 12.1 Å². The number of nitrogens with one attached hydrogen (secondary N) is 1. The van der Waals surface area contributed by atoms with Crippen molar-refractivity contribution in [2.45, 2.75) is 19.3 Å². The average molecular weight is 333 g/mol. The van der Waals surface area contributed by atoms with Crippen LogP contribution in [0.5, 0.6) is 0 Å². The maximum atomic E-state index is 11.5. The van der Waals surface area contributed by atoms with E-state index in [9.17, 15) is 10.1 Å². The van der Waals surface area contributed by atoms with E-state index in [-0.39, 0.29) is 43.3 Å². The van der Waals surface area contributed by atoms with E-state index in [2.05, 4.69) is 15.3 Å². The van der Waals surface area contributed by atoms with Crippen LogP contribution in [-0.2, 0) is 4.74 Å². The summed E-state index contributed by atoms with van der Waals surface area (Å²) >= 11 is 0. The summed E-state index contributed by atoms with van der Waals surface area (Å²) in [5.74, 6) is 0.217. The minimum absolute atomic E-state index is 0.106. The predicted octanol–water partition coefficient (Wildman–Crippen LogP) is 1.47. The number of hydrogen-bond acceptors (Lipinski definition) is 9. The fourth-order valence-corrected chi connectivity index (χ4v) is 2.02. The zero-order valence-corrected chi connectivity index (χ0v) is 13.4. The van der Waals surface area contributed by atoms with Crippen molar-refractivity contribution in [2.75, 3.05) is 43.6 Å². The van der Waals surface area contributed by atoms with Gasteiger partial charge in [0, 0.05) is 33.4 Å². The molecule has 0 aliphatic heterocycles. The molecule has 0 bridgehead atoms. The summed E-state index contributed by atoms with van der Waals surface area (Å²) in [7, 11) is 1.58. The molecule has 128 valence electrons. The van der Waals surface area contributed by atoms with E-state index in [0.717, 1.165) is 0 Å².